The van der Waals surface area contributed by atoms with Crippen molar-refractivity contribution in [2.24, 2.45) is 18.9 Å². The average Bonchev–Trinajstić information content (AvgIpc) is 3.27. The van der Waals surface area contributed by atoms with E-state index in [1.807, 2.05) is 48.3 Å². The predicted molar refractivity (Wildman–Crippen MR) is 101 cm³/mol. The monoisotopic (exact) mass is 353 g/mol. The summed E-state index contributed by atoms with van der Waals surface area (Å²) < 4.78 is 1.68. The van der Waals surface area contributed by atoms with Crippen LogP contribution >= 0.6 is 0 Å². The van der Waals surface area contributed by atoms with Crippen LogP contribution in [0.4, 0.5) is 0 Å². The Bertz CT molecular complexity index is 801. The number of aromatic nitrogens is 2. The lowest BCUT2D eigenvalue weighted by Crippen LogP contribution is -2.44. The van der Waals surface area contributed by atoms with E-state index in [9.17, 15) is 9.90 Å². The van der Waals surface area contributed by atoms with Gasteiger partial charge in [-0.05, 0) is 31.2 Å². The molecule has 2 aromatic rings. The van der Waals surface area contributed by atoms with Crippen molar-refractivity contribution in [1.29, 1.82) is 0 Å². The molecule has 3 atom stereocenters. The number of hydrogen-bond donors (Lipinski definition) is 1. The molecule has 2 heterocycles. The van der Waals surface area contributed by atoms with E-state index in [-0.39, 0.29) is 11.8 Å². The number of fused-ring (bicyclic) bond motifs is 1. The van der Waals surface area contributed by atoms with Gasteiger partial charge in [-0.15, -0.1) is 0 Å². The van der Waals surface area contributed by atoms with Crippen LogP contribution in [0.25, 0.3) is 11.3 Å². The van der Waals surface area contributed by atoms with Gasteiger partial charge >= 0.3 is 0 Å². The Hall–Kier alpha value is -2.14. The molecule has 138 valence electrons. The Morgan fingerprint density at radius 3 is 2.81 bits per heavy atom. The van der Waals surface area contributed by atoms with Crippen LogP contribution in [0.15, 0.2) is 36.4 Å². The third-order valence-corrected chi connectivity index (χ3v) is 6.38. The summed E-state index contributed by atoms with van der Waals surface area (Å²) in [4.78, 5) is 15.1. The minimum Gasteiger partial charge on any atom is -0.390 e. The van der Waals surface area contributed by atoms with Crippen LogP contribution in [-0.4, -0.2) is 44.4 Å². The normalized spacial score (nSPS) is 28.2. The number of benzene rings is 1. The Labute approximate surface area is 154 Å². The van der Waals surface area contributed by atoms with E-state index in [1.165, 1.54) is 0 Å². The van der Waals surface area contributed by atoms with Gasteiger partial charge < -0.3 is 10.0 Å². The summed E-state index contributed by atoms with van der Waals surface area (Å²) in [5.41, 5.74) is 1.83. The summed E-state index contributed by atoms with van der Waals surface area (Å²) >= 11 is 0. The standard InChI is InChI=1S/C21H27N3O2/c1-3-21(26)11-7-10-16-13-24(14-17(16)21)20(25)19-12-18(22-23(19)2)15-8-5-4-6-9-15/h4-6,8-9,12,16-17,26H,3,7,10-11,13-14H2,1-2H3/t16-,17+,21-/m0/s1. The molecule has 1 aliphatic carbocycles. The molecular weight excluding hydrogens is 326 g/mol. The molecular formula is C21H27N3O2. The van der Waals surface area contributed by atoms with Crippen molar-refractivity contribution in [2.75, 3.05) is 13.1 Å². The number of likely N-dealkylation sites (tertiary alicyclic amines) is 1. The zero-order valence-electron chi connectivity index (χ0n) is 15.6. The number of carbonyl (C=O) groups excluding carboxylic acids is 1. The third-order valence-electron chi connectivity index (χ3n) is 6.38. The Morgan fingerprint density at radius 2 is 2.08 bits per heavy atom. The minimum atomic E-state index is -0.612. The first-order valence-electron chi connectivity index (χ1n) is 9.63. The van der Waals surface area contributed by atoms with Gasteiger partial charge in [-0.1, -0.05) is 43.7 Å². The van der Waals surface area contributed by atoms with Crippen molar-refractivity contribution in [3.05, 3.63) is 42.1 Å². The molecule has 4 rings (SSSR count). The fourth-order valence-corrected chi connectivity index (χ4v) is 4.81. The van der Waals surface area contributed by atoms with Gasteiger partial charge in [0.05, 0.1) is 11.3 Å². The highest BCUT2D eigenvalue weighted by Gasteiger charge is 2.49. The van der Waals surface area contributed by atoms with E-state index in [1.54, 1.807) is 4.68 Å². The first kappa shape index (κ1) is 17.3. The highest BCUT2D eigenvalue weighted by atomic mass is 16.3. The summed E-state index contributed by atoms with van der Waals surface area (Å²) in [6, 6.07) is 11.8. The fraction of sp³-hybridized carbons (Fsp3) is 0.524. The van der Waals surface area contributed by atoms with Gasteiger partial charge in [-0.25, -0.2) is 0 Å². The van der Waals surface area contributed by atoms with E-state index in [0.29, 0.717) is 18.2 Å². The van der Waals surface area contributed by atoms with Crippen molar-refractivity contribution >= 4 is 5.91 Å². The number of aliphatic hydroxyl groups is 1. The maximum absolute atomic E-state index is 13.1. The average molecular weight is 353 g/mol. The molecule has 5 nitrogen and oxygen atoms in total. The first-order chi connectivity index (χ1) is 12.5. The van der Waals surface area contributed by atoms with E-state index >= 15 is 0 Å². The van der Waals surface area contributed by atoms with E-state index in [4.69, 9.17) is 0 Å². The SMILES string of the molecule is CC[C@]1(O)CCC[C@H]2CN(C(=O)c3cc(-c4ccccc4)nn3C)C[C@H]21. The van der Waals surface area contributed by atoms with Crippen LogP contribution in [0.5, 0.6) is 0 Å². The molecule has 1 saturated heterocycles. The van der Waals surface area contributed by atoms with Crippen LogP contribution in [0.3, 0.4) is 0 Å². The predicted octanol–water partition coefficient (Wildman–Crippen LogP) is 3.10. The zero-order chi connectivity index (χ0) is 18.3. The molecule has 5 heteroatoms. The lowest BCUT2D eigenvalue weighted by molar-refractivity contribution is -0.0609. The summed E-state index contributed by atoms with van der Waals surface area (Å²) in [5, 5.41) is 15.5. The molecule has 1 amide bonds. The highest BCUT2D eigenvalue weighted by Crippen LogP contribution is 2.44. The molecule has 1 aliphatic heterocycles. The zero-order valence-corrected chi connectivity index (χ0v) is 15.6. The summed E-state index contributed by atoms with van der Waals surface area (Å²) in [6.07, 6.45) is 3.78. The van der Waals surface area contributed by atoms with Gasteiger partial charge in [0.15, 0.2) is 0 Å². The largest absolute Gasteiger partial charge is 0.390 e. The Kier molecular flexibility index (Phi) is 4.35. The van der Waals surface area contributed by atoms with Gasteiger partial charge in [0.1, 0.15) is 5.69 Å². The number of amides is 1. The van der Waals surface area contributed by atoms with E-state index in [2.05, 4.69) is 12.0 Å². The molecule has 2 aliphatic rings. The molecule has 1 aromatic heterocycles. The Balaban J connectivity index is 1.57. The molecule has 1 N–H and O–H groups in total. The fourth-order valence-electron chi connectivity index (χ4n) is 4.81. The van der Waals surface area contributed by atoms with Crippen LogP contribution in [0, 0.1) is 11.8 Å². The van der Waals surface area contributed by atoms with E-state index in [0.717, 1.165) is 43.5 Å². The number of aryl methyl sites for hydroxylation is 1. The molecule has 0 bridgehead atoms. The maximum atomic E-state index is 13.1. The van der Waals surface area contributed by atoms with Crippen molar-refractivity contribution in [2.45, 2.75) is 38.2 Å². The van der Waals surface area contributed by atoms with Gasteiger partial charge in [0.25, 0.3) is 5.91 Å². The molecule has 0 unspecified atom stereocenters. The summed E-state index contributed by atoms with van der Waals surface area (Å²) in [5.74, 6) is 0.640. The van der Waals surface area contributed by atoms with Crippen molar-refractivity contribution in [1.82, 2.24) is 14.7 Å². The lowest BCUT2D eigenvalue weighted by Gasteiger charge is -2.40. The van der Waals surface area contributed by atoms with Crippen LogP contribution in [-0.2, 0) is 7.05 Å². The number of hydrogen-bond acceptors (Lipinski definition) is 3. The molecule has 2 fully saturated rings. The van der Waals surface area contributed by atoms with Gasteiger partial charge in [0, 0.05) is 31.6 Å². The molecule has 1 aromatic carbocycles. The van der Waals surface area contributed by atoms with Crippen molar-refractivity contribution in [3.63, 3.8) is 0 Å². The van der Waals surface area contributed by atoms with Gasteiger partial charge in [0.2, 0.25) is 0 Å². The number of rotatable bonds is 3. The quantitative estimate of drug-likeness (QED) is 0.922. The van der Waals surface area contributed by atoms with Gasteiger partial charge in [-0.2, -0.15) is 5.10 Å². The van der Waals surface area contributed by atoms with Gasteiger partial charge in [-0.3, -0.25) is 9.48 Å². The molecule has 0 radical (unpaired) electrons. The van der Waals surface area contributed by atoms with Crippen LogP contribution in [0.1, 0.15) is 43.1 Å². The van der Waals surface area contributed by atoms with Crippen LogP contribution < -0.4 is 0 Å². The summed E-state index contributed by atoms with van der Waals surface area (Å²) in [6.45, 7) is 3.46. The molecule has 0 spiro atoms. The van der Waals surface area contributed by atoms with E-state index < -0.39 is 5.60 Å². The summed E-state index contributed by atoms with van der Waals surface area (Å²) in [7, 11) is 1.82. The smallest absolute Gasteiger partial charge is 0.272 e. The second-order valence-electron chi connectivity index (χ2n) is 7.83. The first-order valence-corrected chi connectivity index (χ1v) is 9.63. The molecule has 1 saturated carbocycles. The van der Waals surface area contributed by atoms with Crippen molar-refractivity contribution in [3.8, 4) is 11.3 Å². The highest BCUT2D eigenvalue weighted by molar-refractivity contribution is 5.94. The second-order valence-corrected chi connectivity index (χ2v) is 7.83. The number of carbonyl (C=O) groups is 1. The Morgan fingerprint density at radius 1 is 1.31 bits per heavy atom. The topological polar surface area (TPSA) is 58.4 Å². The number of nitrogens with zero attached hydrogens (tertiary/aromatic N) is 3. The maximum Gasteiger partial charge on any atom is 0.272 e. The third kappa shape index (κ3) is 2.84. The second kappa shape index (κ2) is 6.54. The minimum absolute atomic E-state index is 0.0232. The lowest BCUT2D eigenvalue weighted by atomic mass is 9.69. The van der Waals surface area contributed by atoms with Crippen LogP contribution in [0.2, 0.25) is 0 Å². The molecule has 26 heavy (non-hydrogen) atoms. The van der Waals surface area contributed by atoms with Crippen molar-refractivity contribution < 1.29 is 9.90 Å².